The van der Waals surface area contributed by atoms with Crippen LogP contribution in [0, 0.1) is 0 Å². The van der Waals surface area contributed by atoms with Gasteiger partial charge in [-0.15, -0.1) is 11.8 Å². The molecular formula is C12H19N3O3S. The maximum absolute atomic E-state index is 11.7. The number of carbonyl (C=O) groups excluding carboxylic acids is 1. The van der Waals surface area contributed by atoms with Crippen LogP contribution < -0.4 is 16.6 Å². The van der Waals surface area contributed by atoms with Gasteiger partial charge < -0.3 is 5.32 Å². The van der Waals surface area contributed by atoms with Crippen molar-refractivity contribution in [3.05, 3.63) is 32.6 Å². The van der Waals surface area contributed by atoms with Gasteiger partial charge in [-0.3, -0.25) is 18.7 Å². The molecule has 19 heavy (non-hydrogen) atoms. The predicted molar refractivity (Wildman–Crippen MR) is 76.4 cm³/mol. The van der Waals surface area contributed by atoms with Crippen molar-refractivity contribution in [1.29, 1.82) is 0 Å². The Morgan fingerprint density at radius 1 is 1.32 bits per heavy atom. The Hall–Kier alpha value is -1.50. The van der Waals surface area contributed by atoms with Crippen LogP contribution in [0.25, 0.3) is 0 Å². The topological polar surface area (TPSA) is 73.1 Å². The summed E-state index contributed by atoms with van der Waals surface area (Å²) >= 11 is 1.38. The second-order valence-electron chi connectivity index (χ2n) is 4.22. The minimum Gasteiger partial charge on any atom is -0.355 e. The summed E-state index contributed by atoms with van der Waals surface area (Å²) in [6.07, 6.45) is 0.902. The van der Waals surface area contributed by atoms with E-state index in [-0.39, 0.29) is 17.2 Å². The molecule has 6 nitrogen and oxygen atoms in total. The molecule has 0 aliphatic rings. The third-order valence-corrected chi connectivity index (χ3v) is 3.65. The van der Waals surface area contributed by atoms with E-state index >= 15 is 0 Å². The van der Waals surface area contributed by atoms with E-state index in [4.69, 9.17) is 0 Å². The molecule has 0 atom stereocenters. The highest BCUT2D eigenvalue weighted by Gasteiger charge is 2.07. The molecule has 0 spiro atoms. The quantitative estimate of drug-likeness (QED) is 0.788. The van der Waals surface area contributed by atoms with E-state index in [2.05, 4.69) is 5.32 Å². The summed E-state index contributed by atoms with van der Waals surface area (Å²) in [6.45, 7) is 2.66. The first kappa shape index (κ1) is 15.6. The molecule has 1 N–H and O–H groups in total. The second kappa shape index (κ2) is 7.18. The van der Waals surface area contributed by atoms with Crippen molar-refractivity contribution >= 4 is 17.7 Å². The number of thioether (sulfide) groups is 1. The number of aromatic nitrogens is 2. The van der Waals surface area contributed by atoms with E-state index in [0.717, 1.165) is 11.0 Å². The molecule has 1 amide bonds. The summed E-state index contributed by atoms with van der Waals surface area (Å²) in [7, 11) is 3.06. The van der Waals surface area contributed by atoms with Gasteiger partial charge in [-0.05, 0) is 6.42 Å². The molecule has 0 saturated heterocycles. The van der Waals surface area contributed by atoms with Crippen molar-refractivity contribution in [2.45, 2.75) is 19.1 Å². The lowest BCUT2D eigenvalue weighted by atomic mass is 10.4. The molecule has 7 heteroatoms. The summed E-state index contributed by atoms with van der Waals surface area (Å²) in [5.74, 6) is 0.755. The van der Waals surface area contributed by atoms with Crippen LogP contribution in [-0.2, 0) is 24.6 Å². The van der Waals surface area contributed by atoms with Crippen LogP contribution in [0.3, 0.4) is 0 Å². The Morgan fingerprint density at radius 2 is 2.00 bits per heavy atom. The van der Waals surface area contributed by atoms with Crippen LogP contribution in [0.4, 0.5) is 0 Å². The average molecular weight is 285 g/mol. The second-order valence-corrected chi connectivity index (χ2v) is 5.20. The smallest absolute Gasteiger partial charge is 0.330 e. The summed E-state index contributed by atoms with van der Waals surface area (Å²) in [5.41, 5.74) is -0.0472. The van der Waals surface area contributed by atoms with Crippen LogP contribution in [0.15, 0.2) is 15.7 Å². The monoisotopic (exact) mass is 285 g/mol. The molecule has 0 aliphatic carbocycles. The molecule has 1 rings (SSSR count). The average Bonchev–Trinajstić information content (AvgIpc) is 2.39. The molecule has 1 aromatic heterocycles. The van der Waals surface area contributed by atoms with Gasteiger partial charge in [-0.2, -0.15) is 0 Å². The zero-order valence-electron chi connectivity index (χ0n) is 11.4. The Balaban J connectivity index is 2.62. The molecular weight excluding hydrogens is 266 g/mol. The summed E-state index contributed by atoms with van der Waals surface area (Å²) in [5, 5.41) is 2.77. The Labute approximate surface area is 115 Å². The molecule has 1 aromatic rings. The minimum absolute atomic E-state index is 0.0271. The third-order valence-electron chi connectivity index (χ3n) is 2.68. The van der Waals surface area contributed by atoms with Gasteiger partial charge in [0.25, 0.3) is 5.56 Å². The van der Waals surface area contributed by atoms with Crippen molar-refractivity contribution in [1.82, 2.24) is 14.5 Å². The first-order chi connectivity index (χ1) is 8.97. The zero-order chi connectivity index (χ0) is 14.4. The van der Waals surface area contributed by atoms with Crippen LogP contribution in [0.1, 0.15) is 19.0 Å². The lowest BCUT2D eigenvalue weighted by molar-refractivity contribution is -0.118. The highest BCUT2D eigenvalue weighted by atomic mass is 32.2. The standard InChI is InChI=1S/C12H19N3O3S/c1-4-5-13-10(16)8-19-7-9-6-11(17)15(3)12(18)14(9)2/h6H,4-5,7-8H2,1-3H3,(H,13,16). The minimum atomic E-state index is -0.349. The predicted octanol–water partition coefficient (Wildman–Crippen LogP) is -0.157. The van der Waals surface area contributed by atoms with Gasteiger partial charge in [-0.25, -0.2) is 4.79 Å². The number of nitrogens with zero attached hydrogens (tertiary/aromatic N) is 2. The van der Waals surface area contributed by atoms with Gasteiger partial charge in [0.05, 0.1) is 5.75 Å². The van der Waals surface area contributed by atoms with Gasteiger partial charge in [0.2, 0.25) is 5.91 Å². The van der Waals surface area contributed by atoms with E-state index in [1.165, 1.54) is 29.4 Å². The Bertz CT molecular complexity index is 562. The number of nitrogens with one attached hydrogen (secondary N) is 1. The molecule has 0 aliphatic heterocycles. The van der Waals surface area contributed by atoms with Crippen molar-refractivity contribution in [2.24, 2.45) is 14.1 Å². The van der Waals surface area contributed by atoms with Crippen molar-refractivity contribution < 1.29 is 4.79 Å². The fourth-order valence-electron chi connectivity index (χ4n) is 1.48. The number of amides is 1. The van der Waals surface area contributed by atoms with Gasteiger partial charge >= 0.3 is 5.69 Å². The van der Waals surface area contributed by atoms with Gasteiger partial charge in [0, 0.05) is 38.2 Å². The molecule has 0 radical (unpaired) electrons. The van der Waals surface area contributed by atoms with Crippen molar-refractivity contribution in [3.63, 3.8) is 0 Å². The molecule has 0 bridgehead atoms. The maximum atomic E-state index is 11.7. The maximum Gasteiger partial charge on any atom is 0.330 e. The largest absolute Gasteiger partial charge is 0.355 e. The number of hydrogen-bond donors (Lipinski definition) is 1. The van der Waals surface area contributed by atoms with Crippen LogP contribution >= 0.6 is 11.8 Å². The van der Waals surface area contributed by atoms with E-state index in [0.29, 0.717) is 23.7 Å². The fraction of sp³-hybridized carbons (Fsp3) is 0.583. The summed E-state index contributed by atoms with van der Waals surface area (Å²) < 4.78 is 2.49. The molecule has 0 fully saturated rings. The van der Waals surface area contributed by atoms with E-state index < -0.39 is 0 Å². The number of carbonyl (C=O) groups is 1. The molecule has 1 heterocycles. The molecule has 0 unspecified atom stereocenters. The Kier molecular flexibility index (Phi) is 5.88. The first-order valence-electron chi connectivity index (χ1n) is 6.07. The summed E-state index contributed by atoms with van der Waals surface area (Å²) in [4.78, 5) is 34.6. The number of rotatable bonds is 6. The first-order valence-corrected chi connectivity index (χ1v) is 7.23. The van der Waals surface area contributed by atoms with E-state index in [1.807, 2.05) is 6.92 Å². The lowest BCUT2D eigenvalue weighted by Crippen LogP contribution is -2.37. The molecule has 106 valence electrons. The SMILES string of the molecule is CCCNC(=O)CSCc1cc(=O)n(C)c(=O)n1C. The lowest BCUT2D eigenvalue weighted by Gasteiger charge is -2.09. The van der Waals surface area contributed by atoms with Gasteiger partial charge in [0.1, 0.15) is 0 Å². The van der Waals surface area contributed by atoms with Crippen LogP contribution in [0.2, 0.25) is 0 Å². The van der Waals surface area contributed by atoms with Crippen molar-refractivity contribution in [3.8, 4) is 0 Å². The van der Waals surface area contributed by atoms with E-state index in [9.17, 15) is 14.4 Å². The number of hydrogen-bond acceptors (Lipinski definition) is 4. The van der Waals surface area contributed by atoms with Crippen molar-refractivity contribution in [2.75, 3.05) is 12.3 Å². The normalized spacial score (nSPS) is 10.5. The van der Waals surface area contributed by atoms with Crippen LogP contribution in [0.5, 0.6) is 0 Å². The van der Waals surface area contributed by atoms with Gasteiger partial charge in [-0.1, -0.05) is 6.92 Å². The Morgan fingerprint density at radius 3 is 2.63 bits per heavy atom. The van der Waals surface area contributed by atoms with Crippen LogP contribution in [-0.4, -0.2) is 27.3 Å². The highest BCUT2D eigenvalue weighted by molar-refractivity contribution is 7.99. The molecule has 0 saturated carbocycles. The molecule has 0 aromatic carbocycles. The van der Waals surface area contributed by atoms with Gasteiger partial charge in [0.15, 0.2) is 0 Å². The fourth-order valence-corrected chi connectivity index (χ4v) is 2.36. The van der Waals surface area contributed by atoms with E-state index in [1.54, 1.807) is 7.05 Å². The highest BCUT2D eigenvalue weighted by Crippen LogP contribution is 2.08. The zero-order valence-corrected chi connectivity index (χ0v) is 12.2. The summed E-state index contributed by atoms with van der Waals surface area (Å²) in [6, 6.07) is 1.43. The third kappa shape index (κ3) is 4.27.